The summed E-state index contributed by atoms with van der Waals surface area (Å²) >= 11 is 0. The molecule has 0 saturated carbocycles. The molecule has 58 valence electrons. The van der Waals surface area contributed by atoms with E-state index in [1.807, 2.05) is 0 Å². The van der Waals surface area contributed by atoms with Gasteiger partial charge >= 0.3 is 6.16 Å². The lowest BCUT2D eigenvalue weighted by molar-refractivity contribution is -0.208. The van der Waals surface area contributed by atoms with Crippen molar-refractivity contribution in [3.8, 4) is 0 Å². The van der Waals surface area contributed by atoms with Gasteiger partial charge in [-0.3, -0.25) is 4.89 Å². The number of carbonyl (C=O) groups is 1. The van der Waals surface area contributed by atoms with E-state index in [1.165, 1.54) is 6.08 Å². The van der Waals surface area contributed by atoms with Crippen molar-refractivity contribution in [2.24, 2.45) is 0 Å². The molecule has 0 aliphatic rings. The molecule has 0 aliphatic carbocycles. The van der Waals surface area contributed by atoms with Crippen molar-refractivity contribution in [3.05, 3.63) is 12.7 Å². The molecule has 0 amide bonds. The van der Waals surface area contributed by atoms with Crippen LogP contribution in [0.25, 0.3) is 0 Å². The third-order valence-electron chi connectivity index (χ3n) is 0.913. The predicted octanol–water partition coefficient (Wildman–Crippen LogP) is 1.58. The Bertz CT molecular complexity index is 139. The number of carbonyl (C=O) groups excluding carboxylic acids is 1. The molecule has 0 aromatic rings. The molecule has 0 aliphatic heterocycles. The maximum absolute atomic E-state index is 10.2. The molecule has 1 N–H and O–H groups in total. The Hall–Kier alpha value is -1.03. The molecule has 0 aromatic heterocycles. The van der Waals surface area contributed by atoms with Gasteiger partial charge < -0.3 is 4.74 Å². The first-order chi connectivity index (χ1) is 4.52. The van der Waals surface area contributed by atoms with Crippen LogP contribution in [-0.4, -0.2) is 17.0 Å². The zero-order chi connectivity index (χ0) is 8.20. The molecule has 0 unspecified atom stereocenters. The fourth-order valence-corrected chi connectivity index (χ4v) is 0.275. The zero-order valence-corrected chi connectivity index (χ0v) is 5.96. The van der Waals surface area contributed by atoms with Crippen molar-refractivity contribution in [2.45, 2.75) is 19.4 Å². The zero-order valence-electron chi connectivity index (χ0n) is 5.96. The van der Waals surface area contributed by atoms with E-state index in [0.29, 0.717) is 0 Å². The first-order valence-electron chi connectivity index (χ1n) is 2.70. The lowest BCUT2D eigenvalue weighted by atomic mass is 10.1. The van der Waals surface area contributed by atoms with Crippen molar-refractivity contribution in [1.82, 2.24) is 0 Å². The molecule has 4 heteroatoms. The molecule has 0 atom stereocenters. The summed E-state index contributed by atoms with van der Waals surface area (Å²) < 4.78 is 4.51. The molecule has 4 nitrogen and oxygen atoms in total. The van der Waals surface area contributed by atoms with E-state index < -0.39 is 11.8 Å². The average molecular weight is 146 g/mol. The summed E-state index contributed by atoms with van der Waals surface area (Å²) in [6, 6.07) is 0. The van der Waals surface area contributed by atoms with Gasteiger partial charge in [0.15, 0.2) is 0 Å². The van der Waals surface area contributed by atoms with Gasteiger partial charge in [0.05, 0.1) is 0 Å². The third kappa shape index (κ3) is 3.09. The maximum Gasteiger partial charge on any atom is 0.541 e. The molecular weight excluding hydrogens is 136 g/mol. The van der Waals surface area contributed by atoms with Crippen LogP contribution in [-0.2, 0) is 9.62 Å². The standard InChI is InChI=1S/C6H10O4/c1-4-6(2,3)9-5(7)10-8/h4,8H,1H2,2-3H3. The molecule has 0 heterocycles. The normalized spacial score (nSPS) is 10.3. The maximum atomic E-state index is 10.2. The highest BCUT2D eigenvalue weighted by Gasteiger charge is 2.19. The fraction of sp³-hybridized carbons (Fsp3) is 0.500. The van der Waals surface area contributed by atoms with E-state index in [2.05, 4.69) is 16.2 Å². The Morgan fingerprint density at radius 3 is 2.50 bits per heavy atom. The van der Waals surface area contributed by atoms with Gasteiger partial charge in [0, 0.05) is 0 Å². The molecule has 0 spiro atoms. The summed E-state index contributed by atoms with van der Waals surface area (Å²) in [4.78, 5) is 13.5. The second-order valence-corrected chi connectivity index (χ2v) is 2.25. The summed E-state index contributed by atoms with van der Waals surface area (Å²) in [5, 5.41) is 7.78. The topological polar surface area (TPSA) is 55.8 Å². The summed E-state index contributed by atoms with van der Waals surface area (Å²) in [6.45, 7) is 6.62. The predicted molar refractivity (Wildman–Crippen MR) is 34.5 cm³/mol. The van der Waals surface area contributed by atoms with Gasteiger partial charge in [0.25, 0.3) is 0 Å². The Balaban J connectivity index is 3.88. The number of hydrogen-bond donors (Lipinski definition) is 1. The quantitative estimate of drug-likeness (QED) is 0.278. The van der Waals surface area contributed by atoms with Gasteiger partial charge in [-0.05, 0) is 19.9 Å². The van der Waals surface area contributed by atoms with Gasteiger partial charge in [0.1, 0.15) is 5.60 Å². The van der Waals surface area contributed by atoms with E-state index in [-0.39, 0.29) is 0 Å². The Morgan fingerprint density at radius 2 is 2.20 bits per heavy atom. The number of hydrogen-bond acceptors (Lipinski definition) is 4. The van der Waals surface area contributed by atoms with Crippen molar-refractivity contribution < 1.29 is 19.7 Å². The Morgan fingerprint density at radius 1 is 1.70 bits per heavy atom. The summed E-state index contributed by atoms with van der Waals surface area (Å²) in [5.74, 6) is 0. The lowest BCUT2D eigenvalue weighted by Crippen LogP contribution is -2.25. The third-order valence-corrected chi connectivity index (χ3v) is 0.913. The van der Waals surface area contributed by atoms with Crippen LogP contribution in [0.5, 0.6) is 0 Å². The van der Waals surface area contributed by atoms with Crippen LogP contribution in [0.4, 0.5) is 4.79 Å². The van der Waals surface area contributed by atoms with Crippen molar-refractivity contribution >= 4 is 6.16 Å². The number of ether oxygens (including phenoxy) is 1. The Labute approximate surface area is 59.0 Å². The molecule has 0 fully saturated rings. The summed E-state index contributed by atoms with van der Waals surface area (Å²) in [6.07, 6.45) is 0.286. The van der Waals surface area contributed by atoms with E-state index in [9.17, 15) is 4.79 Å². The minimum Gasteiger partial charge on any atom is -0.422 e. The first-order valence-corrected chi connectivity index (χ1v) is 2.70. The van der Waals surface area contributed by atoms with Crippen LogP contribution in [0.2, 0.25) is 0 Å². The SMILES string of the molecule is C=CC(C)(C)OC(=O)OO. The molecule has 0 rings (SSSR count). The second-order valence-electron chi connectivity index (χ2n) is 2.25. The van der Waals surface area contributed by atoms with Gasteiger partial charge in [-0.25, -0.2) is 4.79 Å². The van der Waals surface area contributed by atoms with Crippen LogP contribution in [0.1, 0.15) is 13.8 Å². The molecular formula is C6H10O4. The van der Waals surface area contributed by atoms with Crippen molar-refractivity contribution in [2.75, 3.05) is 0 Å². The van der Waals surface area contributed by atoms with Crippen LogP contribution in [0.15, 0.2) is 12.7 Å². The van der Waals surface area contributed by atoms with Crippen LogP contribution < -0.4 is 0 Å². The van der Waals surface area contributed by atoms with E-state index in [1.54, 1.807) is 13.8 Å². The molecule has 0 saturated heterocycles. The smallest absolute Gasteiger partial charge is 0.422 e. The van der Waals surface area contributed by atoms with Crippen LogP contribution in [0, 0.1) is 0 Å². The lowest BCUT2D eigenvalue weighted by Gasteiger charge is -2.17. The second kappa shape index (κ2) is 3.22. The van der Waals surface area contributed by atoms with E-state index in [4.69, 9.17) is 5.26 Å². The summed E-state index contributed by atoms with van der Waals surface area (Å²) in [7, 11) is 0. The summed E-state index contributed by atoms with van der Waals surface area (Å²) in [5.41, 5.74) is -0.806. The highest BCUT2D eigenvalue weighted by atomic mass is 17.1. The fourth-order valence-electron chi connectivity index (χ4n) is 0.275. The van der Waals surface area contributed by atoms with Crippen LogP contribution in [0.3, 0.4) is 0 Å². The van der Waals surface area contributed by atoms with Gasteiger partial charge in [-0.15, -0.1) is 0 Å². The molecule has 0 bridgehead atoms. The van der Waals surface area contributed by atoms with E-state index >= 15 is 0 Å². The highest BCUT2D eigenvalue weighted by Crippen LogP contribution is 2.10. The molecule has 0 radical (unpaired) electrons. The highest BCUT2D eigenvalue weighted by molar-refractivity contribution is 5.59. The monoisotopic (exact) mass is 146 g/mol. The van der Waals surface area contributed by atoms with Gasteiger partial charge in [-0.1, -0.05) is 6.58 Å². The minimum absolute atomic E-state index is 0.806. The van der Waals surface area contributed by atoms with Crippen molar-refractivity contribution in [3.63, 3.8) is 0 Å². The average Bonchev–Trinajstić information content (AvgIpc) is 1.87. The largest absolute Gasteiger partial charge is 0.541 e. The minimum atomic E-state index is -1.13. The molecule has 10 heavy (non-hydrogen) atoms. The van der Waals surface area contributed by atoms with Crippen LogP contribution >= 0.6 is 0 Å². The first kappa shape index (κ1) is 8.97. The van der Waals surface area contributed by atoms with Gasteiger partial charge in [-0.2, -0.15) is 5.26 Å². The Kier molecular flexibility index (Phi) is 2.89. The van der Waals surface area contributed by atoms with Crippen molar-refractivity contribution in [1.29, 1.82) is 0 Å². The number of rotatable bonds is 2. The molecule has 0 aromatic carbocycles. The van der Waals surface area contributed by atoms with E-state index in [0.717, 1.165) is 0 Å². The van der Waals surface area contributed by atoms with Gasteiger partial charge in [0.2, 0.25) is 0 Å².